The van der Waals surface area contributed by atoms with Crippen molar-refractivity contribution in [2.24, 2.45) is 0 Å². The molecule has 0 saturated carbocycles. The first-order chi connectivity index (χ1) is 13.9. The van der Waals surface area contributed by atoms with Gasteiger partial charge in [0.25, 0.3) is 0 Å². The van der Waals surface area contributed by atoms with Crippen molar-refractivity contribution < 1.29 is 28.7 Å². The molecule has 1 heterocycles. The Bertz CT molecular complexity index is 790. The SMILES string of the molecule is CCOc1ccc(N2C(=O)C(=O)N(CC(=O)NC(CC)CC)C2=O)cc1OCC. The fourth-order valence-corrected chi connectivity index (χ4v) is 2.96. The number of amides is 5. The van der Waals surface area contributed by atoms with Gasteiger partial charge in [-0.2, -0.15) is 0 Å². The molecular weight excluding hydrogens is 378 g/mol. The van der Waals surface area contributed by atoms with Crippen molar-refractivity contribution >= 4 is 29.4 Å². The standard InChI is InChI=1S/C20H27N3O6/c1-5-13(6-2)21-17(24)12-22-18(25)19(26)23(20(22)27)14-9-10-15(28-7-3)16(11-14)29-8-4/h9-11,13H,5-8,12H2,1-4H3,(H,21,24). The first-order valence-electron chi connectivity index (χ1n) is 9.76. The van der Waals surface area contributed by atoms with Gasteiger partial charge >= 0.3 is 17.8 Å². The van der Waals surface area contributed by atoms with Crippen molar-refractivity contribution in [3.8, 4) is 11.5 Å². The van der Waals surface area contributed by atoms with Crippen LogP contribution in [0.2, 0.25) is 0 Å². The van der Waals surface area contributed by atoms with Gasteiger partial charge in [0.2, 0.25) is 5.91 Å². The molecule has 0 radical (unpaired) electrons. The number of nitrogens with one attached hydrogen (secondary N) is 1. The van der Waals surface area contributed by atoms with Crippen LogP contribution in [0.3, 0.4) is 0 Å². The summed E-state index contributed by atoms with van der Waals surface area (Å²) in [7, 11) is 0. The van der Waals surface area contributed by atoms with Crippen molar-refractivity contribution in [3.63, 3.8) is 0 Å². The molecule has 1 aliphatic rings. The molecule has 5 amide bonds. The highest BCUT2D eigenvalue weighted by atomic mass is 16.5. The fourth-order valence-electron chi connectivity index (χ4n) is 2.96. The molecule has 0 bridgehead atoms. The number of anilines is 1. The Morgan fingerprint density at radius 3 is 2.17 bits per heavy atom. The van der Waals surface area contributed by atoms with Crippen molar-refractivity contribution in [2.45, 2.75) is 46.6 Å². The topological polar surface area (TPSA) is 105 Å². The average molecular weight is 405 g/mol. The number of nitrogens with zero attached hydrogens (tertiary/aromatic N) is 2. The largest absolute Gasteiger partial charge is 0.490 e. The van der Waals surface area contributed by atoms with E-state index in [2.05, 4.69) is 5.32 Å². The number of imide groups is 2. The number of hydrogen-bond acceptors (Lipinski definition) is 6. The van der Waals surface area contributed by atoms with Crippen LogP contribution in [0, 0.1) is 0 Å². The van der Waals surface area contributed by atoms with Crippen LogP contribution in [-0.2, 0) is 14.4 Å². The molecule has 158 valence electrons. The summed E-state index contributed by atoms with van der Waals surface area (Å²) in [5, 5.41) is 2.75. The lowest BCUT2D eigenvalue weighted by molar-refractivity contribution is -0.140. The molecule has 1 aliphatic heterocycles. The Hall–Kier alpha value is -3.10. The second kappa shape index (κ2) is 9.90. The molecule has 9 heteroatoms. The maximum absolute atomic E-state index is 12.7. The van der Waals surface area contributed by atoms with E-state index in [1.54, 1.807) is 13.0 Å². The summed E-state index contributed by atoms with van der Waals surface area (Å²) in [6.07, 6.45) is 1.45. The van der Waals surface area contributed by atoms with Gasteiger partial charge in [0.05, 0.1) is 18.9 Å². The first-order valence-corrected chi connectivity index (χ1v) is 9.76. The highest BCUT2D eigenvalue weighted by Crippen LogP contribution is 2.34. The number of carbonyl (C=O) groups excluding carboxylic acids is 4. The first kappa shape index (κ1) is 22.2. The molecule has 1 aromatic carbocycles. The Kier molecular flexibility index (Phi) is 7.58. The van der Waals surface area contributed by atoms with Crippen LogP contribution in [0.4, 0.5) is 10.5 Å². The lowest BCUT2D eigenvalue weighted by Gasteiger charge is -2.19. The minimum absolute atomic E-state index is 0.0537. The normalized spacial score (nSPS) is 14.0. The second-order valence-corrected chi connectivity index (χ2v) is 6.39. The number of carbonyl (C=O) groups is 4. The Balaban J connectivity index is 2.24. The molecule has 1 aromatic rings. The smallest absolute Gasteiger partial charge is 0.339 e. The lowest BCUT2D eigenvalue weighted by Crippen LogP contribution is -2.44. The van der Waals surface area contributed by atoms with Gasteiger partial charge in [0.1, 0.15) is 6.54 Å². The Morgan fingerprint density at radius 2 is 1.59 bits per heavy atom. The summed E-state index contributed by atoms with van der Waals surface area (Å²) in [6.45, 7) is 7.72. The van der Waals surface area contributed by atoms with Crippen LogP contribution < -0.4 is 19.7 Å². The van der Waals surface area contributed by atoms with E-state index >= 15 is 0 Å². The zero-order chi connectivity index (χ0) is 21.6. The predicted molar refractivity (Wildman–Crippen MR) is 106 cm³/mol. The van der Waals surface area contributed by atoms with Gasteiger partial charge < -0.3 is 14.8 Å². The van der Waals surface area contributed by atoms with E-state index in [4.69, 9.17) is 9.47 Å². The molecule has 1 saturated heterocycles. The lowest BCUT2D eigenvalue weighted by atomic mass is 10.2. The molecule has 0 aliphatic carbocycles. The van der Waals surface area contributed by atoms with Crippen molar-refractivity contribution in [1.29, 1.82) is 0 Å². The second-order valence-electron chi connectivity index (χ2n) is 6.39. The van der Waals surface area contributed by atoms with Crippen molar-refractivity contribution in [1.82, 2.24) is 10.2 Å². The zero-order valence-corrected chi connectivity index (χ0v) is 17.2. The van der Waals surface area contributed by atoms with Gasteiger partial charge in [-0.25, -0.2) is 14.6 Å². The van der Waals surface area contributed by atoms with E-state index in [1.165, 1.54) is 12.1 Å². The fraction of sp³-hybridized carbons (Fsp3) is 0.500. The van der Waals surface area contributed by atoms with Crippen LogP contribution in [0.15, 0.2) is 18.2 Å². The third-order valence-corrected chi connectivity index (χ3v) is 4.49. The number of urea groups is 1. The summed E-state index contributed by atoms with van der Waals surface area (Å²) in [6, 6.07) is 3.60. The quantitative estimate of drug-likeness (QED) is 0.472. The summed E-state index contributed by atoms with van der Waals surface area (Å²) >= 11 is 0. The van der Waals surface area contributed by atoms with Gasteiger partial charge in [-0.1, -0.05) is 13.8 Å². The van der Waals surface area contributed by atoms with Crippen LogP contribution in [0.1, 0.15) is 40.5 Å². The van der Waals surface area contributed by atoms with E-state index in [0.717, 1.165) is 17.7 Å². The predicted octanol–water partition coefficient (Wildman–Crippen LogP) is 2.08. The molecule has 1 fully saturated rings. The van der Waals surface area contributed by atoms with Crippen LogP contribution in [0.5, 0.6) is 11.5 Å². The third kappa shape index (κ3) is 4.85. The monoisotopic (exact) mass is 405 g/mol. The molecule has 29 heavy (non-hydrogen) atoms. The third-order valence-electron chi connectivity index (χ3n) is 4.49. The van der Waals surface area contributed by atoms with Gasteiger partial charge in [-0.05, 0) is 38.8 Å². The highest BCUT2D eigenvalue weighted by Gasteiger charge is 2.46. The molecule has 0 unspecified atom stereocenters. The van der Waals surface area contributed by atoms with E-state index in [1.807, 2.05) is 20.8 Å². The van der Waals surface area contributed by atoms with Crippen LogP contribution in [0.25, 0.3) is 0 Å². The molecule has 0 atom stereocenters. The maximum Gasteiger partial charge on any atom is 0.339 e. The Morgan fingerprint density at radius 1 is 0.966 bits per heavy atom. The van der Waals surface area contributed by atoms with Crippen molar-refractivity contribution in [3.05, 3.63) is 18.2 Å². The number of ether oxygens (including phenoxy) is 2. The molecule has 9 nitrogen and oxygen atoms in total. The van der Waals surface area contributed by atoms with Crippen LogP contribution in [-0.4, -0.2) is 54.5 Å². The zero-order valence-electron chi connectivity index (χ0n) is 17.2. The number of rotatable bonds is 10. The van der Waals surface area contributed by atoms with Crippen LogP contribution >= 0.6 is 0 Å². The van der Waals surface area contributed by atoms with E-state index in [0.29, 0.717) is 29.6 Å². The molecular formula is C20H27N3O6. The van der Waals surface area contributed by atoms with Crippen molar-refractivity contribution in [2.75, 3.05) is 24.7 Å². The van der Waals surface area contributed by atoms with Gasteiger partial charge in [-0.15, -0.1) is 0 Å². The van der Waals surface area contributed by atoms with Gasteiger partial charge in [0.15, 0.2) is 11.5 Å². The van der Waals surface area contributed by atoms with E-state index in [9.17, 15) is 19.2 Å². The highest BCUT2D eigenvalue weighted by molar-refractivity contribution is 6.53. The number of benzene rings is 1. The minimum Gasteiger partial charge on any atom is -0.490 e. The maximum atomic E-state index is 12.7. The van der Waals surface area contributed by atoms with E-state index < -0.39 is 30.3 Å². The van der Waals surface area contributed by atoms with Gasteiger partial charge in [0, 0.05) is 12.1 Å². The number of hydrogen-bond donors (Lipinski definition) is 1. The van der Waals surface area contributed by atoms with E-state index in [-0.39, 0.29) is 11.7 Å². The molecule has 1 N–H and O–H groups in total. The molecule has 2 rings (SSSR count). The summed E-state index contributed by atoms with van der Waals surface area (Å²) in [5.74, 6) is -1.73. The average Bonchev–Trinajstić information content (AvgIpc) is 2.91. The Labute approximate surface area is 169 Å². The summed E-state index contributed by atoms with van der Waals surface area (Å²) in [5.41, 5.74) is 0.170. The minimum atomic E-state index is -1.04. The summed E-state index contributed by atoms with van der Waals surface area (Å²) < 4.78 is 11.0. The molecule has 0 spiro atoms. The summed E-state index contributed by atoms with van der Waals surface area (Å²) in [4.78, 5) is 51.1. The van der Waals surface area contributed by atoms with Gasteiger partial charge in [-0.3, -0.25) is 14.4 Å². The molecule has 0 aromatic heterocycles.